The molecule has 0 aliphatic carbocycles. The first-order valence-corrected chi connectivity index (χ1v) is 14.1. The van der Waals surface area contributed by atoms with Crippen molar-refractivity contribution >= 4 is 45.4 Å². The van der Waals surface area contributed by atoms with Gasteiger partial charge in [0.15, 0.2) is 11.5 Å². The summed E-state index contributed by atoms with van der Waals surface area (Å²) >= 11 is 6.16. The number of hydrogen-bond donors (Lipinski definition) is 0. The van der Waals surface area contributed by atoms with Crippen LogP contribution in [0.1, 0.15) is 23.6 Å². The fourth-order valence-corrected chi connectivity index (χ4v) is 4.95. The molecule has 0 saturated heterocycles. The molecule has 222 valence electrons. The van der Waals surface area contributed by atoms with Gasteiger partial charge < -0.3 is 13.9 Å². The van der Waals surface area contributed by atoms with Crippen LogP contribution < -0.4 is 15.0 Å². The van der Waals surface area contributed by atoms with Crippen molar-refractivity contribution in [3.63, 3.8) is 0 Å². The van der Waals surface area contributed by atoms with Gasteiger partial charge in [-0.1, -0.05) is 41.9 Å². The molecule has 4 aromatic carbocycles. The van der Waals surface area contributed by atoms with Gasteiger partial charge in [-0.15, -0.1) is 0 Å². The molecule has 0 fully saturated rings. The standard InChI is InChI=1S/C33H22ClN5O6/c1-2-43-29-14-20(13-27(39(41)42)31(29)44-19-22-8-4-3-7-21(22)17-35)18-36-38-32(37-26-10-6-5-9-25(26)33(38)40)30-16-23-15-24(34)11-12-28(23)45-30/h3-16,18H,2,19H2,1H3. The molecule has 11 nitrogen and oxygen atoms in total. The van der Waals surface area contributed by atoms with Gasteiger partial charge in [0.25, 0.3) is 5.56 Å². The highest BCUT2D eigenvalue weighted by atomic mass is 35.5. The zero-order chi connectivity index (χ0) is 31.5. The lowest BCUT2D eigenvalue weighted by molar-refractivity contribution is -0.386. The van der Waals surface area contributed by atoms with Crippen molar-refractivity contribution in [3.8, 4) is 29.2 Å². The van der Waals surface area contributed by atoms with Crippen LogP contribution in [0.25, 0.3) is 33.5 Å². The number of fused-ring (bicyclic) bond motifs is 2. The van der Waals surface area contributed by atoms with Gasteiger partial charge in [-0.25, -0.2) is 4.98 Å². The Labute approximate surface area is 260 Å². The van der Waals surface area contributed by atoms with Crippen molar-refractivity contribution in [1.29, 1.82) is 5.26 Å². The lowest BCUT2D eigenvalue weighted by Crippen LogP contribution is -2.20. The van der Waals surface area contributed by atoms with E-state index in [-0.39, 0.29) is 47.5 Å². The number of furan rings is 1. The minimum absolute atomic E-state index is 0.0949. The van der Waals surface area contributed by atoms with Gasteiger partial charge in [-0.3, -0.25) is 14.9 Å². The number of ether oxygens (including phenoxy) is 2. The molecule has 2 heterocycles. The number of nitro benzene ring substituents is 1. The number of aromatic nitrogens is 2. The highest BCUT2D eigenvalue weighted by Crippen LogP contribution is 2.39. The summed E-state index contributed by atoms with van der Waals surface area (Å²) in [6.07, 6.45) is 1.30. The van der Waals surface area contributed by atoms with Gasteiger partial charge in [0.05, 0.1) is 40.3 Å². The molecule has 0 radical (unpaired) electrons. The van der Waals surface area contributed by atoms with Crippen molar-refractivity contribution in [3.05, 3.63) is 127 Å². The second-order valence-corrected chi connectivity index (χ2v) is 10.2. The van der Waals surface area contributed by atoms with E-state index in [0.717, 1.165) is 4.68 Å². The molecule has 45 heavy (non-hydrogen) atoms. The summed E-state index contributed by atoms with van der Waals surface area (Å²) in [5.74, 6) is 0.395. The van der Waals surface area contributed by atoms with Gasteiger partial charge in [0, 0.05) is 27.6 Å². The van der Waals surface area contributed by atoms with E-state index < -0.39 is 10.5 Å². The third-order valence-corrected chi connectivity index (χ3v) is 7.07. The third-order valence-electron chi connectivity index (χ3n) is 6.84. The highest BCUT2D eigenvalue weighted by molar-refractivity contribution is 6.31. The molecular weight excluding hydrogens is 598 g/mol. The van der Waals surface area contributed by atoms with Crippen LogP contribution in [0.2, 0.25) is 5.02 Å². The van der Waals surface area contributed by atoms with E-state index in [9.17, 15) is 20.2 Å². The Morgan fingerprint density at radius 2 is 1.89 bits per heavy atom. The number of para-hydroxylation sites is 1. The van der Waals surface area contributed by atoms with Crippen LogP contribution >= 0.6 is 11.6 Å². The predicted octanol–water partition coefficient (Wildman–Crippen LogP) is 7.10. The topological polar surface area (TPSA) is 146 Å². The first-order chi connectivity index (χ1) is 21.9. The monoisotopic (exact) mass is 619 g/mol. The molecule has 0 unspecified atom stereocenters. The van der Waals surface area contributed by atoms with Gasteiger partial charge in [0.1, 0.15) is 12.2 Å². The molecule has 6 rings (SSSR count). The Morgan fingerprint density at radius 1 is 1.09 bits per heavy atom. The summed E-state index contributed by atoms with van der Waals surface area (Å²) in [5, 5.41) is 27.5. The number of nitrogens with zero attached hydrogens (tertiary/aromatic N) is 5. The molecule has 0 saturated carbocycles. The second-order valence-electron chi connectivity index (χ2n) is 9.72. The van der Waals surface area contributed by atoms with Crippen molar-refractivity contribution in [1.82, 2.24) is 9.66 Å². The number of hydrogen-bond acceptors (Lipinski definition) is 9. The van der Waals surface area contributed by atoms with Crippen LogP contribution in [0.4, 0.5) is 5.69 Å². The quantitative estimate of drug-likeness (QED) is 0.0945. The maximum Gasteiger partial charge on any atom is 0.315 e. The van der Waals surface area contributed by atoms with E-state index in [0.29, 0.717) is 38.0 Å². The van der Waals surface area contributed by atoms with Crippen LogP contribution in [0.3, 0.4) is 0 Å². The molecule has 0 aliphatic heterocycles. The molecule has 0 bridgehead atoms. The molecule has 2 aromatic heterocycles. The van der Waals surface area contributed by atoms with Gasteiger partial charge in [0.2, 0.25) is 11.6 Å². The zero-order valence-electron chi connectivity index (χ0n) is 23.6. The smallest absolute Gasteiger partial charge is 0.315 e. The van der Waals surface area contributed by atoms with Gasteiger partial charge in [-0.05, 0) is 55.5 Å². The summed E-state index contributed by atoms with van der Waals surface area (Å²) in [4.78, 5) is 29.9. The average Bonchev–Trinajstić information content (AvgIpc) is 3.47. The molecular formula is C33H22ClN5O6. The Balaban J connectivity index is 1.45. The van der Waals surface area contributed by atoms with Crippen molar-refractivity contribution in [2.45, 2.75) is 13.5 Å². The van der Waals surface area contributed by atoms with E-state index in [4.69, 9.17) is 25.5 Å². The maximum atomic E-state index is 13.7. The Hall–Kier alpha value is -5.99. The van der Waals surface area contributed by atoms with E-state index in [2.05, 4.69) is 16.2 Å². The van der Waals surface area contributed by atoms with Crippen LogP contribution in [0.5, 0.6) is 11.5 Å². The van der Waals surface area contributed by atoms with Gasteiger partial charge in [-0.2, -0.15) is 15.0 Å². The molecule has 0 aliphatic rings. The van der Waals surface area contributed by atoms with E-state index in [1.807, 2.05) is 0 Å². The summed E-state index contributed by atoms with van der Waals surface area (Å²) < 4.78 is 18.7. The maximum absolute atomic E-state index is 13.7. The summed E-state index contributed by atoms with van der Waals surface area (Å²) in [5.41, 5.74) is 1.34. The Kier molecular flexibility index (Phi) is 7.97. The SMILES string of the molecule is CCOc1cc(C=Nn2c(-c3cc4cc(Cl)ccc4o3)nc3ccccc3c2=O)cc([N+](=O)[O-])c1OCc1ccccc1C#N. The first kappa shape index (κ1) is 29.1. The minimum Gasteiger partial charge on any atom is -0.490 e. The van der Waals surface area contributed by atoms with E-state index in [1.54, 1.807) is 79.7 Å². The largest absolute Gasteiger partial charge is 0.490 e. The molecule has 12 heteroatoms. The Bertz CT molecular complexity index is 2230. The summed E-state index contributed by atoms with van der Waals surface area (Å²) in [6.45, 7) is 1.83. The van der Waals surface area contributed by atoms with Crippen molar-refractivity contribution in [2.24, 2.45) is 5.10 Å². The van der Waals surface area contributed by atoms with Crippen LogP contribution in [-0.4, -0.2) is 27.4 Å². The summed E-state index contributed by atoms with van der Waals surface area (Å²) in [6, 6.07) is 25.3. The third kappa shape index (κ3) is 5.82. The minimum atomic E-state index is -0.597. The molecule has 6 aromatic rings. The number of nitro groups is 1. The molecule has 0 N–H and O–H groups in total. The van der Waals surface area contributed by atoms with Crippen LogP contribution in [-0.2, 0) is 6.61 Å². The highest BCUT2D eigenvalue weighted by Gasteiger charge is 2.23. The molecule has 0 spiro atoms. The second kappa shape index (κ2) is 12.3. The van der Waals surface area contributed by atoms with E-state index >= 15 is 0 Å². The first-order valence-electron chi connectivity index (χ1n) is 13.7. The zero-order valence-corrected chi connectivity index (χ0v) is 24.4. The van der Waals surface area contributed by atoms with Crippen LogP contribution in [0.15, 0.2) is 99.2 Å². The number of rotatable bonds is 9. The van der Waals surface area contributed by atoms with Crippen molar-refractivity contribution in [2.75, 3.05) is 6.61 Å². The van der Waals surface area contributed by atoms with Crippen molar-refractivity contribution < 1.29 is 18.8 Å². The number of benzene rings is 4. The van der Waals surface area contributed by atoms with Crippen LogP contribution in [0, 0.1) is 21.4 Å². The lowest BCUT2D eigenvalue weighted by Gasteiger charge is -2.14. The normalized spacial score (nSPS) is 11.2. The fourth-order valence-electron chi connectivity index (χ4n) is 4.77. The summed E-state index contributed by atoms with van der Waals surface area (Å²) in [7, 11) is 0. The number of nitriles is 1. The Morgan fingerprint density at radius 3 is 2.69 bits per heavy atom. The fraction of sp³-hybridized carbons (Fsp3) is 0.0909. The average molecular weight is 620 g/mol. The molecule has 0 atom stereocenters. The van der Waals surface area contributed by atoms with Gasteiger partial charge >= 0.3 is 5.69 Å². The van der Waals surface area contributed by atoms with E-state index in [1.165, 1.54) is 18.3 Å². The number of halogens is 1. The predicted molar refractivity (Wildman–Crippen MR) is 169 cm³/mol. The lowest BCUT2D eigenvalue weighted by atomic mass is 10.1. The molecule has 0 amide bonds.